The van der Waals surface area contributed by atoms with E-state index < -0.39 is 0 Å². The average molecular weight is 246 g/mol. The first-order valence-corrected chi connectivity index (χ1v) is 6.85. The number of aromatic nitrogens is 1. The number of thiazole rings is 1. The quantitative estimate of drug-likeness (QED) is 0.875. The van der Waals surface area contributed by atoms with Crippen molar-refractivity contribution < 1.29 is 0 Å². The van der Waals surface area contributed by atoms with Crippen molar-refractivity contribution in [1.29, 1.82) is 0 Å². The minimum atomic E-state index is 0.852. The Bertz CT molecular complexity index is 459. The van der Waals surface area contributed by atoms with Gasteiger partial charge in [-0.25, -0.2) is 4.98 Å². The van der Waals surface area contributed by atoms with Gasteiger partial charge in [0.25, 0.3) is 0 Å². The molecule has 0 bridgehead atoms. The van der Waals surface area contributed by atoms with E-state index in [1.54, 1.807) is 11.3 Å². The van der Waals surface area contributed by atoms with Crippen LogP contribution in [0, 0.1) is 6.92 Å². The van der Waals surface area contributed by atoms with Gasteiger partial charge < -0.3 is 5.32 Å². The Hall–Kier alpha value is -1.19. The van der Waals surface area contributed by atoms with E-state index in [4.69, 9.17) is 0 Å². The van der Waals surface area contributed by atoms with Crippen molar-refractivity contribution in [2.75, 3.05) is 0 Å². The Balaban J connectivity index is 1.81. The summed E-state index contributed by atoms with van der Waals surface area (Å²) >= 11 is 1.75. The molecule has 0 amide bonds. The van der Waals surface area contributed by atoms with Crippen LogP contribution in [0.3, 0.4) is 0 Å². The molecule has 0 spiro atoms. The average Bonchev–Trinajstić information content (AvgIpc) is 2.80. The molecule has 17 heavy (non-hydrogen) atoms. The highest BCUT2D eigenvalue weighted by Crippen LogP contribution is 2.10. The first-order chi connectivity index (χ1) is 8.28. The highest BCUT2D eigenvalue weighted by atomic mass is 32.1. The van der Waals surface area contributed by atoms with Crippen LogP contribution in [-0.2, 0) is 19.5 Å². The highest BCUT2D eigenvalue weighted by Gasteiger charge is 1.99. The van der Waals surface area contributed by atoms with E-state index in [1.807, 2.05) is 0 Å². The maximum Gasteiger partial charge on any atom is 0.0926 e. The zero-order valence-electron chi connectivity index (χ0n) is 10.4. The Morgan fingerprint density at radius 1 is 1.18 bits per heavy atom. The number of hydrogen-bond acceptors (Lipinski definition) is 3. The summed E-state index contributed by atoms with van der Waals surface area (Å²) in [5, 5.41) is 6.78. The molecule has 0 atom stereocenters. The third kappa shape index (κ3) is 3.65. The molecule has 90 valence electrons. The zero-order chi connectivity index (χ0) is 12.1. The molecule has 0 fully saturated rings. The van der Waals surface area contributed by atoms with Gasteiger partial charge in [0.15, 0.2) is 0 Å². The monoisotopic (exact) mass is 246 g/mol. The fourth-order valence-corrected chi connectivity index (χ4v) is 2.38. The van der Waals surface area contributed by atoms with E-state index in [0.717, 1.165) is 25.2 Å². The van der Waals surface area contributed by atoms with Crippen LogP contribution in [0.15, 0.2) is 29.6 Å². The van der Waals surface area contributed by atoms with Gasteiger partial charge in [0.2, 0.25) is 0 Å². The van der Waals surface area contributed by atoms with E-state index in [-0.39, 0.29) is 0 Å². The van der Waals surface area contributed by atoms with E-state index in [2.05, 4.69) is 53.8 Å². The van der Waals surface area contributed by atoms with Crippen LogP contribution >= 0.6 is 11.3 Å². The molecule has 0 saturated heterocycles. The third-order valence-corrected chi connectivity index (χ3v) is 3.70. The molecule has 0 radical (unpaired) electrons. The summed E-state index contributed by atoms with van der Waals surface area (Å²) < 4.78 is 0. The predicted molar refractivity (Wildman–Crippen MR) is 73.2 cm³/mol. The molecule has 1 aromatic heterocycles. The molecule has 0 saturated carbocycles. The largest absolute Gasteiger partial charge is 0.307 e. The minimum Gasteiger partial charge on any atom is -0.307 e. The zero-order valence-corrected chi connectivity index (χ0v) is 11.2. The molecule has 0 aliphatic rings. The Labute approximate surface area is 107 Å². The first kappa shape index (κ1) is 12.3. The lowest BCUT2D eigenvalue weighted by Gasteiger charge is -2.03. The summed E-state index contributed by atoms with van der Waals surface area (Å²) in [6, 6.07) is 8.63. The first-order valence-electron chi connectivity index (χ1n) is 5.97. The number of aryl methyl sites for hydroxylation is 2. The minimum absolute atomic E-state index is 0.852. The summed E-state index contributed by atoms with van der Waals surface area (Å²) in [5.74, 6) is 0. The van der Waals surface area contributed by atoms with Crippen molar-refractivity contribution in [3.63, 3.8) is 0 Å². The lowest BCUT2D eigenvalue weighted by atomic mass is 10.1. The van der Waals surface area contributed by atoms with Crippen LogP contribution in [0.2, 0.25) is 0 Å². The molecule has 0 aliphatic heterocycles. The Morgan fingerprint density at radius 3 is 2.59 bits per heavy atom. The van der Waals surface area contributed by atoms with Crippen molar-refractivity contribution in [3.8, 4) is 0 Å². The summed E-state index contributed by atoms with van der Waals surface area (Å²) in [5.41, 5.74) is 3.78. The lowest BCUT2D eigenvalue weighted by molar-refractivity contribution is 0.681. The summed E-state index contributed by atoms with van der Waals surface area (Å²) in [4.78, 5) is 4.53. The van der Waals surface area contributed by atoms with Crippen LogP contribution in [0.1, 0.15) is 28.8 Å². The Kier molecular flexibility index (Phi) is 4.29. The number of nitrogens with zero attached hydrogens (tertiary/aromatic N) is 1. The van der Waals surface area contributed by atoms with Gasteiger partial charge in [0, 0.05) is 18.5 Å². The lowest BCUT2D eigenvalue weighted by Crippen LogP contribution is -2.12. The van der Waals surface area contributed by atoms with Crippen molar-refractivity contribution in [3.05, 3.63) is 51.5 Å². The molecule has 1 N–H and O–H groups in total. The number of hydrogen-bond donors (Lipinski definition) is 1. The van der Waals surface area contributed by atoms with Gasteiger partial charge >= 0.3 is 0 Å². The fraction of sp³-hybridized carbons (Fsp3) is 0.357. The molecule has 0 aliphatic carbocycles. The maximum absolute atomic E-state index is 4.53. The van der Waals surface area contributed by atoms with E-state index in [9.17, 15) is 0 Å². The standard InChI is InChI=1S/C14H18N2S/c1-3-14-16-13(10-17-14)9-15-8-12-6-4-11(2)5-7-12/h4-7,10,15H,3,8-9H2,1-2H3. The van der Waals surface area contributed by atoms with Crippen LogP contribution < -0.4 is 5.32 Å². The van der Waals surface area contributed by atoms with Gasteiger partial charge in [0.1, 0.15) is 0 Å². The van der Waals surface area contributed by atoms with Crippen LogP contribution in [0.25, 0.3) is 0 Å². The van der Waals surface area contributed by atoms with Gasteiger partial charge in [0.05, 0.1) is 10.7 Å². The molecule has 0 unspecified atom stereocenters. The molecule has 2 aromatic rings. The van der Waals surface area contributed by atoms with Gasteiger partial charge in [-0.15, -0.1) is 11.3 Å². The van der Waals surface area contributed by atoms with Crippen molar-refractivity contribution in [2.45, 2.75) is 33.4 Å². The van der Waals surface area contributed by atoms with Gasteiger partial charge in [-0.05, 0) is 18.9 Å². The maximum atomic E-state index is 4.53. The van der Waals surface area contributed by atoms with Gasteiger partial charge in [-0.3, -0.25) is 0 Å². The second kappa shape index (κ2) is 5.94. The summed E-state index contributed by atoms with van der Waals surface area (Å²) in [7, 11) is 0. The molecule has 2 rings (SSSR count). The van der Waals surface area contributed by atoms with E-state index >= 15 is 0 Å². The van der Waals surface area contributed by atoms with Gasteiger partial charge in [-0.2, -0.15) is 0 Å². The van der Waals surface area contributed by atoms with Crippen molar-refractivity contribution in [2.24, 2.45) is 0 Å². The van der Waals surface area contributed by atoms with Crippen LogP contribution in [0.4, 0.5) is 0 Å². The van der Waals surface area contributed by atoms with Crippen molar-refractivity contribution in [1.82, 2.24) is 10.3 Å². The molecular formula is C14H18N2S. The number of nitrogens with one attached hydrogen (secondary N) is 1. The third-order valence-electron chi connectivity index (χ3n) is 2.66. The molecule has 1 aromatic carbocycles. The highest BCUT2D eigenvalue weighted by molar-refractivity contribution is 7.09. The van der Waals surface area contributed by atoms with E-state index in [0.29, 0.717) is 0 Å². The van der Waals surface area contributed by atoms with Crippen molar-refractivity contribution >= 4 is 11.3 Å². The molecule has 1 heterocycles. The molecular weight excluding hydrogens is 228 g/mol. The van der Waals surface area contributed by atoms with Gasteiger partial charge in [-0.1, -0.05) is 36.8 Å². The molecule has 3 heteroatoms. The fourth-order valence-electron chi connectivity index (χ4n) is 1.63. The number of benzene rings is 1. The van der Waals surface area contributed by atoms with Crippen LogP contribution in [0.5, 0.6) is 0 Å². The smallest absolute Gasteiger partial charge is 0.0926 e. The molecule has 2 nitrogen and oxygen atoms in total. The predicted octanol–water partition coefficient (Wildman–Crippen LogP) is 3.30. The second-order valence-corrected chi connectivity index (χ2v) is 5.12. The SMILES string of the molecule is CCc1nc(CNCc2ccc(C)cc2)cs1. The second-order valence-electron chi connectivity index (χ2n) is 4.18. The van der Waals surface area contributed by atoms with E-state index in [1.165, 1.54) is 16.1 Å². The summed E-state index contributed by atoms with van der Waals surface area (Å²) in [6.45, 7) is 6.00. The summed E-state index contributed by atoms with van der Waals surface area (Å²) in [6.07, 6.45) is 1.03. The Morgan fingerprint density at radius 2 is 1.94 bits per heavy atom. The normalized spacial score (nSPS) is 10.7. The number of rotatable bonds is 5. The topological polar surface area (TPSA) is 24.9 Å². The van der Waals surface area contributed by atoms with Crippen LogP contribution in [-0.4, -0.2) is 4.98 Å².